The molecule has 31 heavy (non-hydrogen) atoms. The van der Waals surface area contributed by atoms with Crippen molar-refractivity contribution in [3.05, 3.63) is 42.5 Å². The van der Waals surface area contributed by atoms with Crippen LogP contribution in [-0.2, 0) is 11.3 Å². The fraction of sp³-hybridized carbons (Fsp3) is 0.440. The lowest BCUT2D eigenvalue weighted by Crippen LogP contribution is -2.39. The summed E-state index contributed by atoms with van der Waals surface area (Å²) >= 11 is 0. The van der Waals surface area contributed by atoms with Crippen LogP contribution in [-0.4, -0.2) is 47.7 Å². The molecule has 0 radical (unpaired) electrons. The van der Waals surface area contributed by atoms with E-state index in [4.69, 9.17) is 14.5 Å². The van der Waals surface area contributed by atoms with Crippen molar-refractivity contribution >= 4 is 16.9 Å². The maximum atomic E-state index is 13.4. The Balaban J connectivity index is 2.04. The first-order valence-electron chi connectivity index (χ1n) is 10.8. The van der Waals surface area contributed by atoms with Gasteiger partial charge in [0.15, 0.2) is 11.5 Å². The number of ether oxygens (including phenoxy) is 2. The van der Waals surface area contributed by atoms with Crippen molar-refractivity contribution in [1.82, 2.24) is 14.5 Å². The molecule has 1 aromatic heterocycles. The van der Waals surface area contributed by atoms with Gasteiger partial charge in [-0.3, -0.25) is 4.79 Å². The molecule has 0 aliphatic rings. The van der Waals surface area contributed by atoms with Crippen LogP contribution in [0.5, 0.6) is 11.5 Å². The highest BCUT2D eigenvalue weighted by molar-refractivity contribution is 5.85. The molecule has 0 saturated heterocycles. The van der Waals surface area contributed by atoms with E-state index in [9.17, 15) is 4.79 Å². The van der Waals surface area contributed by atoms with Gasteiger partial charge in [0.2, 0.25) is 5.91 Å². The first-order valence-corrected chi connectivity index (χ1v) is 10.8. The summed E-state index contributed by atoms with van der Waals surface area (Å²) in [7, 11) is 3.23. The molecule has 1 amide bonds. The number of amides is 1. The molecule has 0 saturated carbocycles. The maximum absolute atomic E-state index is 13.4. The minimum Gasteiger partial charge on any atom is -0.493 e. The Bertz CT molecular complexity index is 1030. The van der Waals surface area contributed by atoms with E-state index in [-0.39, 0.29) is 12.5 Å². The predicted octanol–water partition coefficient (Wildman–Crippen LogP) is 4.86. The fourth-order valence-corrected chi connectivity index (χ4v) is 3.83. The van der Waals surface area contributed by atoms with E-state index in [0.29, 0.717) is 23.3 Å². The SMILES string of the molecule is COc1ccc(-c2nc3ccccc3n2CC(=O)N(CC(C)C)CC(C)C)cc1OC. The van der Waals surface area contributed by atoms with Crippen molar-refractivity contribution in [2.45, 2.75) is 34.2 Å². The number of rotatable bonds is 9. The van der Waals surface area contributed by atoms with Gasteiger partial charge >= 0.3 is 0 Å². The molecule has 1 heterocycles. The highest BCUT2D eigenvalue weighted by Crippen LogP contribution is 2.33. The van der Waals surface area contributed by atoms with Crippen molar-refractivity contribution in [2.75, 3.05) is 27.3 Å². The monoisotopic (exact) mass is 423 g/mol. The Morgan fingerprint density at radius 3 is 2.23 bits per heavy atom. The zero-order valence-electron chi connectivity index (χ0n) is 19.4. The van der Waals surface area contributed by atoms with Crippen molar-refractivity contribution in [3.63, 3.8) is 0 Å². The molecular weight excluding hydrogens is 390 g/mol. The molecule has 6 heteroatoms. The molecule has 0 spiro atoms. The van der Waals surface area contributed by atoms with Gasteiger partial charge in [-0.1, -0.05) is 39.8 Å². The number of methoxy groups -OCH3 is 2. The lowest BCUT2D eigenvalue weighted by atomic mass is 10.1. The van der Waals surface area contributed by atoms with Gasteiger partial charge in [-0.25, -0.2) is 4.98 Å². The van der Waals surface area contributed by atoms with Gasteiger partial charge in [0, 0.05) is 18.7 Å². The van der Waals surface area contributed by atoms with Gasteiger partial charge < -0.3 is 18.9 Å². The van der Waals surface area contributed by atoms with Gasteiger partial charge in [0.25, 0.3) is 0 Å². The van der Waals surface area contributed by atoms with Crippen LogP contribution in [0.4, 0.5) is 0 Å². The Kier molecular flexibility index (Phi) is 7.21. The molecule has 3 aromatic rings. The Morgan fingerprint density at radius 1 is 0.968 bits per heavy atom. The molecule has 2 aromatic carbocycles. The average molecular weight is 424 g/mol. The van der Waals surface area contributed by atoms with E-state index in [2.05, 4.69) is 27.7 Å². The Hall–Kier alpha value is -3.02. The van der Waals surface area contributed by atoms with Crippen LogP contribution < -0.4 is 9.47 Å². The topological polar surface area (TPSA) is 56.6 Å². The van der Waals surface area contributed by atoms with E-state index < -0.39 is 0 Å². The molecular formula is C25H33N3O3. The molecule has 166 valence electrons. The van der Waals surface area contributed by atoms with Crippen LogP contribution in [0.15, 0.2) is 42.5 Å². The number of fused-ring (bicyclic) bond motifs is 1. The number of hydrogen-bond donors (Lipinski definition) is 0. The van der Waals surface area contributed by atoms with E-state index in [0.717, 1.165) is 35.5 Å². The van der Waals surface area contributed by atoms with Crippen LogP contribution in [0.2, 0.25) is 0 Å². The van der Waals surface area contributed by atoms with Gasteiger partial charge in [-0.15, -0.1) is 0 Å². The maximum Gasteiger partial charge on any atom is 0.242 e. The van der Waals surface area contributed by atoms with E-state index >= 15 is 0 Å². The number of carbonyl (C=O) groups is 1. The third kappa shape index (κ3) is 5.19. The van der Waals surface area contributed by atoms with Crippen molar-refractivity contribution < 1.29 is 14.3 Å². The van der Waals surface area contributed by atoms with E-state index in [1.165, 1.54) is 0 Å². The smallest absolute Gasteiger partial charge is 0.242 e. The quantitative estimate of drug-likeness (QED) is 0.493. The standard InChI is InChI=1S/C25H33N3O3/c1-17(2)14-27(15-18(3)4)24(29)16-28-21-10-8-7-9-20(21)26-25(28)19-11-12-22(30-5)23(13-19)31-6/h7-13,17-18H,14-16H2,1-6H3. The molecule has 0 fully saturated rings. The lowest BCUT2D eigenvalue weighted by Gasteiger charge is -2.27. The highest BCUT2D eigenvalue weighted by Gasteiger charge is 2.21. The summed E-state index contributed by atoms with van der Waals surface area (Å²) in [6.07, 6.45) is 0. The van der Waals surface area contributed by atoms with E-state index in [1.807, 2.05) is 51.9 Å². The van der Waals surface area contributed by atoms with Gasteiger partial charge in [0.1, 0.15) is 12.4 Å². The van der Waals surface area contributed by atoms with Crippen molar-refractivity contribution in [1.29, 1.82) is 0 Å². The zero-order chi connectivity index (χ0) is 22.5. The summed E-state index contributed by atoms with van der Waals surface area (Å²) in [4.78, 5) is 20.2. The minimum atomic E-state index is 0.104. The molecule has 6 nitrogen and oxygen atoms in total. The first kappa shape index (κ1) is 22.7. The normalized spacial score (nSPS) is 11.4. The van der Waals surface area contributed by atoms with Gasteiger partial charge in [-0.2, -0.15) is 0 Å². The van der Waals surface area contributed by atoms with E-state index in [1.54, 1.807) is 14.2 Å². The number of para-hydroxylation sites is 2. The van der Waals surface area contributed by atoms with Gasteiger partial charge in [0.05, 0.1) is 25.3 Å². The number of benzene rings is 2. The average Bonchev–Trinajstić information content (AvgIpc) is 3.10. The molecule has 0 atom stereocenters. The molecule has 0 bridgehead atoms. The highest BCUT2D eigenvalue weighted by atomic mass is 16.5. The number of nitrogens with zero attached hydrogens (tertiary/aromatic N) is 3. The van der Waals surface area contributed by atoms with Gasteiger partial charge in [-0.05, 0) is 42.2 Å². The zero-order valence-corrected chi connectivity index (χ0v) is 19.4. The number of aromatic nitrogens is 2. The van der Waals surface area contributed by atoms with Crippen LogP contribution in [0.1, 0.15) is 27.7 Å². The second-order valence-electron chi connectivity index (χ2n) is 8.67. The minimum absolute atomic E-state index is 0.104. The summed E-state index contributed by atoms with van der Waals surface area (Å²) in [5, 5.41) is 0. The molecule has 0 unspecified atom stereocenters. The second-order valence-corrected chi connectivity index (χ2v) is 8.67. The summed E-state index contributed by atoms with van der Waals surface area (Å²) in [5.74, 6) is 2.95. The van der Waals surface area contributed by atoms with Crippen LogP contribution >= 0.6 is 0 Å². The summed E-state index contributed by atoms with van der Waals surface area (Å²) in [6.45, 7) is 10.3. The number of hydrogen-bond acceptors (Lipinski definition) is 4. The third-order valence-electron chi connectivity index (χ3n) is 5.11. The Morgan fingerprint density at radius 2 is 1.61 bits per heavy atom. The summed E-state index contributed by atoms with van der Waals surface area (Å²) in [6, 6.07) is 13.6. The molecule has 0 aliphatic heterocycles. The number of imidazole rings is 1. The van der Waals surface area contributed by atoms with Crippen LogP contribution in [0, 0.1) is 11.8 Å². The van der Waals surface area contributed by atoms with Crippen molar-refractivity contribution in [3.8, 4) is 22.9 Å². The second kappa shape index (κ2) is 9.86. The predicted molar refractivity (Wildman–Crippen MR) is 125 cm³/mol. The summed E-state index contributed by atoms with van der Waals surface area (Å²) < 4.78 is 12.9. The summed E-state index contributed by atoms with van der Waals surface area (Å²) in [5.41, 5.74) is 2.68. The largest absolute Gasteiger partial charge is 0.493 e. The lowest BCUT2D eigenvalue weighted by molar-refractivity contribution is -0.132. The third-order valence-corrected chi connectivity index (χ3v) is 5.11. The number of carbonyl (C=O) groups excluding carboxylic acids is 1. The molecule has 3 rings (SSSR count). The molecule has 0 N–H and O–H groups in total. The van der Waals surface area contributed by atoms with Crippen molar-refractivity contribution in [2.24, 2.45) is 11.8 Å². The van der Waals surface area contributed by atoms with Crippen LogP contribution in [0.3, 0.4) is 0 Å². The fourth-order valence-electron chi connectivity index (χ4n) is 3.83. The molecule has 0 aliphatic carbocycles. The first-order chi connectivity index (χ1) is 14.8. The van der Waals surface area contributed by atoms with Crippen LogP contribution in [0.25, 0.3) is 22.4 Å². The Labute approximate surface area is 184 Å².